The third kappa shape index (κ3) is 2.81. The normalized spacial score (nSPS) is 13.1. The summed E-state index contributed by atoms with van der Waals surface area (Å²) in [6.45, 7) is 5.90. The molecule has 0 aliphatic rings. The Kier molecular flexibility index (Phi) is 3.50. The second kappa shape index (κ2) is 4.47. The lowest BCUT2D eigenvalue weighted by Gasteiger charge is -2.04. The Hall–Kier alpha value is -1.32. The Balaban J connectivity index is 2.91. The molecule has 15 heavy (non-hydrogen) atoms. The van der Waals surface area contributed by atoms with E-state index in [1.54, 1.807) is 11.5 Å². The van der Waals surface area contributed by atoms with Crippen LogP contribution >= 0.6 is 0 Å². The van der Waals surface area contributed by atoms with Gasteiger partial charge < -0.3 is 9.67 Å². The maximum atomic E-state index is 10.8. The molecule has 0 bridgehead atoms. The first-order valence-electron chi connectivity index (χ1n) is 5.16. The molecule has 4 heteroatoms. The highest BCUT2D eigenvalue weighted by atomic mass is 16.4. The molecule has 0 aliphatic carbocycles. The van der Waals surface area contributed by atoms with Crippen molar-refractivity contribution in [3.8, 4) is 0 Å². The van der Waals surface area contributed by atoms with Crippen LogP contribution in [0.1, 0.15) is 38.2 Å². The summed E-state index contributed by atoms with van der Waals surface area (Å²) in [7, 11) is 1.84. The highest BCUT2D eigenvalue weighted by Crippen LogP contribution is 2.16. The van der Waals surface area contributed by atoms with Crippen LogP contribution in [0.2, 0.25) is 0 Å². The molecule has 4 nitrogen and oxygen atoms in total. The average Bonchev–Trinajstić information content (AvgIpc) is 2.44. The summed E-state index contributed by atoms with van der Waals surface area (Å²) in [5.41, 5.74) is 0.968. The van der Waals surface area contributed by atoms with Crippen LogP contribution in [0.5, 0.6) is 0 Å². The molecule has 0 spiro atoms. The van der Waals surface area contributed by atoms with Crippen LogP contribution in [0.4, 0.5) is 0 Å². The Morgan fingerprint density at radius 2 is 2.13 bits per heavy atom. The number of aryl methyl sites for hydroxylation is 1. The summed E-state index contributed by atoms with van der Waals surface area (Å²) in [5, 5.41) is 8.90. The fraction of sp³-hybridized carbons (Fsp3) is 0.636. The maximum absolute atomic E-state index is 10.8. The lowest BCUT2D eigenvalue weighted by atomic mass is 10.1. The molecule has 0 fully saturated rings. The number of hydrogen-bond donors (Lipinski definition) is 1. The Labute approximate surface area is 89.9 Å². The van der Waals surface area contributed by atoms with Crippen molar-refractivity contribution in [2.75, 3.05) is 0 Å². The highest BCUT2D eigenvalue weighted by Gasteiger charge is 2.19. The van der Waals surface area contributed by atoms with E-state index in [9.17, 15) is 4.79 Å². The summed E-state index contributed by atoms with van der Waals surface area (Å²) < 4.78 is 1.80. The van der Waals surface area contributed by atoms with E-state index in [-0.39, 0.29) is 0 Å². The number of hydrogen-bond acceptors (Lipinski definition) is 2. The Bertz CT molecular complexity index is 355. The SMILES string of the molecule is CC(C)Cc1cn(C)c(C(C)C(=O)O)n1. The summed E-state index contributed by atoms with van der Waals surface area (Å²) in [5.74, 6) is -0.221. The monoisotopic (exact) mass is 210 g/mol. The van der Waals surface area contributed by atoms with Crippen LogP contribution in [0.3, 0.4) is 0 Å². The molecular weight excluding hydrogens is 192 g/mol. The molecule has 1 heterocycles. The highest BCUT2D eigenvalue weighted by molar-refractivity contribution is 5.74. The van der Waals surface area contributed by atoms with Crippen LogP contribution in [0, 0.1) is 5.92 Å². The lowest BCUT2D eigenvalue weighted by molar-refractivity contribution is -0.138. The van der Waals surface area contributed by atoms with Crippen molar-refractivity contribution < 1.29 is 9.90 Å². The molecule has 0 amide bonds. The number of carbonyl (C=O) groups is 1. The second-order valence-electron chi connectivity index (χ2n) is 4.36. The predicted molar refractivity (Wildman–Crippen MR) is 57.8 cm³/mol. The van der Waals surface area contributed by atoms with Crippen molar-refractivity contribution in [1.29, 1.82) is 0 Å². The molecule has 0 aromatic carbocycles. The van der Waals surface area contributed by atoms with E-state index in [4.69, 9.17) is 5.11 Å². The Morgan fingerprint density at radius 1 is 1.53 bits per heavy atom. The molecule has 0 radical (unpaired) electrons. The van der Waals surface area contributed by atoms with E-state index in [1.165, 1.54) is 0 Å². The zero-order chi connectivity index (χ0) is 11.6. The van der Waals surface area contributed by atoms with Gasteiger partial charge in [-0.15, -0.1) is 0 Å². The molecule has 84 valence electrons. The summed E-state index contributed by atoms with van der Waals surface area (Å²) >= 11 is 0. The molecule has 1 rings (SSSR count). The van der Waals surface area contributed by atoms with Crippen LogP contribution in [-0.4, -0.2) is 20.6 Å². The fourth-order valence-corrected chi connectivity index (χ4v) is 1.57. The summed E-state index contributed by atoms with van der Waals surface area (Å²) in [6.07, 6.45) is 2.80. The van der Waals surface area contributed by atoms with E-state index in [2.05, 4.69) is 18.8 Å². The number of aliphatic carboxylic acids is 1. The predicted octanol–water partition coefficient (Wildman–Crippen LogP) is 1.81. The van der Waals surface area contributed by atoms with E-state index in [0.717, 1.165) is 12.1 Å². The quantitative estimate of drug-likeness (QED) is 0.824. The maximum Gasteiger partial charge on any atom is 0.313 e. The number of carboxylic acid groups (broad SMARTS) is 1. The largest absolute Gasteiger partial charge is 0.481 e. The van der Waals surface area contributed by atoms with Crippen LogP contribution < -0.4 is 0 Å². The minimum Gasteiger partial charge on any atom is -0.481 e. The van der Waals surface area contributed by atoms with Gasteiger partial charge in [-0.25, -0.2) is 4.98 Å². The zero-order valence-electron chi connectivity index (χ0n) is 9.69. The molecule has 0 saturated heterocycles. The van der Waals surface area contributed by atoms with Gasteiger partial charge in [0.25, 0.3) is 0 Å². The molecule has 1 N–H and O–H groups in total. The first kappa shape index (κ1) is 11.8. The van der Waals surface area contributed by atoms with Crippen molar-refractivity contribution in [2.24, 2.45) is 13.0 Å². The van der Waals surface area contributed by atoms with Crippen molar-refractivity contribution >= 4 is 5.97 Å². The Morgan fingerprint density at radius 3 is 2.60 bits per heavy atom. The molecule has 0 aliphatic heterocycles. The number of imidazole rings is 1. The van der Waals surface area contributed by atoms with Crippen molar-refractivity contribution in [2.45, 2.75) is 33.1 Å². The van der Waals surface area contributed by atoms with Gasteiger partial charge in [-0.05, 0) is 19.3 Å². The zero-order valence-corrected chi connectivity index (χ0v) is 9.69. The van der Waals surface area contributed by atoms with Gasteiger partial charge in [-0.1, -0.05) is 13.8 Å². The van der Waals surface area contributed by atoms with Crippen LogP contribution in [0.25, 0.3) is 0 Å². The van der Waals surface area contributed by atoms with Gasteiger partial charge in [0.2, 0.25) is 0 Å². The third-order valence-corrected chi connectivity index (χ3v) is 2.34. The average molecular weight is 210 g/mol. The topological polar surface area (TPSA) is 55.1 Å². The summed E-state index contributed by atoms with van der Waals surface area (Å²) in [4.78, 5) is 15.2. The van der Waals surface area contributed by atoms with Gasteiger partial charge in [0, 0.05) is 13.2 Å². The van der Waals surface area contributed by atoms with Gasteiger partial charge in [-0.3, -0.25) is 4.79 Å². The first-order chi connectivity index (χ1) is 6.91. The summed E-state index contributed by atoms with van der Waals surface area (Å²) in [6, 6.07) is 0. The smallest absolute Gasteiger partial charge is 0.313 e. The minimum atomic E-state index is -0.834. The lowest BCUT2D eigenvalue weighted by Crippen LogP contribution is -2.12. The van der Waals surface area contributed by atoms with Gasteiger partial charge >= 0.3 is 5.97 Å². The number of nitrogens with zero attached hydrogens (tertiary/aromatic N) is 2. The molecule has 1 aromatic rings. The van der Waals surface area contributed by atoms with E-state index in [0.29, 0.717) is 11.7 Å². The number of aromatic nitrogens is 2. The van der Waals surface area contributed by atoms with Crippen LogP contribution in [-0.2, 0) is 18.3 Å². The van der Waals surface area contributed by atoms with Gasteiger partial charge in [0.1, 0.15) is 11.7 Å². The van der Waals surface area contributed by atoms with Crippen molar-refractivity contribution in [1.82, 2.24) is 9.55 Å². The van der Waals surface area contributed by atoms with Gasteiger partial charge in [0.05, 0.1) is 5.69 Å². The third-order valence-electron chi connectivity index (χ3n) is 2.34. The molecule has 1 atom stereocenters. The van der Waals surface area contributed by atoms with Crippen LogP contribution in [0.15, 0.2) is 6.20 Å². The van der Waals surface area contributed by atoms with E-state index >= 15 is 0 Å². The fourth-order valence-electron chi connectivity index (χ4n) is 1.57. The standard InChI is InChI=1S/C11H18N2O2/c1-7(2)5-9-6-13(4)10(12-9)8(3)11(14)15/h6-8H,5H2,1-4H3,(H,14,15). The number of rotatable bonds is 4. The molecular formula is C11H18N2O2. The number of carboxylic acids is 1. The second-order valence-corrected chi connectivity index (χ2v) is 4.36. The van der Waals surface area contributed by atoms with Crippen molar-refractivity contribution in [3.05, 3.63) is 17.7 Å². The van der Waals surface area contributed by atoms with Gasteiger partial charge in [-0.2, -0.15) is 0 Å². The molecule has 1 aromatic heterocycles. The van der Waals surface area contributed by atoms with Crippen molar-refractivity contribution in [3.63, 3.8) is 0 Å². The molecule has 1 unspecified atom stereocenters. The minimum absolute atomic E-state index is 0.535. The van der Waals surface area contributed by atoms with Gasteiger partial charge in [0.15, 0.2) is 0 Å². The van der Waals surface area contributed by atoms with E-state index in [1.807, 2.05) is 13.2 Å². The molecule has 0 saturated carbocycles. The first-order valence-corrected chi connectivity index (χ1v) is 5.16. The van der Waals surface area contributed by atoms with E-state index < -0.39 is 11.9 Å².